The molecule has 4 nitrogen and oxygen atoms in total. The van der Waals surface area contributed by atoms with Gasteiger partial charge in [0, 0.05) is 26.1 Å². The first-order valence-electron chi connectivity index (χ1n) is 10.8. The van der Waals surface area contributed by atoms with E-state index >= 15 is 0 Å². The molecule has 4 heteroatoms. The van der Waals surface area contributed by atoms with Gasteiger partial charge >= 0.3 is 0 Å². The molecular formula is C24H39NO3. The van der Waals surface area contributed by atoms with Crippen LogP contribution in [0.15, 0.2) is 24.3 Å². The van der Waals surface area contributed by atoms with Gasteiger partial charge in [-0.1, -0.05) is 32.9 Å². The summed E-state index contributed by atoms with van der Waals surface area (Å²) < 4.78 is 11.2. The Labute approximate surface area is 171 Å². The van der Waals surface area contributed by atoms with Crippen molar-refractivity contribution < 1.29 is 14.3 Å². The van der Waals surface area contributed by atoms with Crippen molar-refractivity contribution in [2.45, 2.75) is 72.4 Å². The van der Waals surface area contributed by atoms with Gasteiger partial charge in [-0.15, -0.1) is 0 Å². The standard InChI is InChI=1S/C24H39NO3/c1-7-23(26)25(17-19-8-10-21(27-6)11-9-19)14-12-22(18(2)3)20-13-15-28-24(4,5)16-20/h8-11,18,20,22H,7,12-17H2,1-6H3/t20-,22-/m1/s1. The number of benzene rings is 1. The first-order valence-corrected chi connectivity index (χ1v) is 10.8. The number of ether oxygens (including phenoxy) is 2. The molecule has 1 amide bonds. The van der Waals surface area contributed by atoms with Gasteiger partial charge in [0.2, 0.25) is 5.91 Å². The van der Waals surface area contributed by atoms with Crippen LogP contribution in [0.4, 0.5) is 0 Å². The molecule has 1 aliphatic heterocycles. The number of carbonyl (C=O) groups is 1. The van der Waals surface area contributed by atoms with Crippen LogP contribution in [0.5, 0.6) is 5.75 Å². The SMILES string of the molecule is CCC(=O)N(CC[C@H](C(C)C)[C@@H]1CCOC(C)(C)C1)Cc1ccc(OC)cc1. The zero-order valence-electron chi connectivity index (χ0n) is 18.7. The zero-order valence-corrected chi connectivity index (χ0v) is 18.7. The van der Waals surface area contributed by atoms with Gasteiger partial charge in [-0.05, 0) is 68.6 Å². The number of rotatable bonds is 9. The quantitative estimate of drug-likeness (QED) is 0.575. The molecule has 0 spiro atoms. The van der Waals surface area contributed by atoms with Crippen LogP contribution in [0.2, 0.25) is 0 Å². The highest BCUT2D eigenvalue weighted by Crippen LogP contribution is 2.38. The zero-order chi connectivity index (χ0) is 20.7. The van der Waals surface area contributed by atoms with Crippen molar-refractivity contribution in [2.24, 2.45) is 17.8 Å². The fourth-order valence-corrected chi connectivity index (χ4v) is 4.53. The van der Waals surface area contributed by atoms with Crippen molar-refractivity contribution in [3.63, 3.8) is 0 Å². The third-order valence-corrected chi connectivity index (χ3v) is 6.12. The van der Waals surface area contributed by atoms with Gasteiger partial charge in [0.1, 0.15) is 5.75 Å². The summed E-state index contributed by atoms with van der Waals surface area (Å²) in [6.45, 7) is 13.3. The maximum atomic E-state index is 12.6. The van der Waals surface area contributed by atoms with Crippen LogP contribution in [-0.2, 0) is 16.1 Å². The molecule has 0 saturated carbocycles. The maximum Gasteiger partial charge on any atom is 0.222 e. The molecule has 0 unspecified atom stereocenters. The summed E-state index contributed by atoms with van der Waals surface area (Å²) in [6.07, 6.45) is 3.84. The molecule has 2 rings (SSSR count). The van der Waals surface area contributed by atoms with E-state index in [2.05, 4.69) is 39.8 Å². The van der Waals surface area contributed by atoms with Gasteiger partial charge in [-0.2, -0.15) is 0 Å². The predicted octanol–water partition coefficient (Wildman–Crippen LogP) is 5.30. The fraction of sp³-hybridized carbons (Fsp3) is 0.708. The fourth-order valence-electron chi connectivity index (χ4n) is 4.53. The van der Waals surface area contributed by atoms with Gasteiger partial charge in [-0.3, -0.25) is 4.79 Å². The van der Waals surface area contributed by atoms with E-state index in [1.165, 1.54) is 0 Å². The number of nitrogens with zero attached hydrogens (tertiary/aromatic N) is 1. The van der Waals surface area contributed by atoms with E-state index in [4.69, 9.17) is 9.47 Å². The second-order valence-electron chi connectivity index (χ2n) is 9.07. The van der Waals surface area contributed by atoms with E-state index in [-0.39, 0.29) is 11.5 Å². The molecule has 0 bridgehead atoms. The lowest BCUT2D eigenvalue weighted by molar-refractivity contribution is -0.132. The molecule has 1 aromatic rings. The maximum absolute atomic E-state index is 12.6. The second kappa shape index (κ2) is 10.3. The summed E-state index contributed by atoms with van der Waals surface area (Å²) in [7, 11) is 1.67. The lowest BCUT2D eigenvalue weighted by Gasteiger charge is -2.41. The van der Waals surface area contributed by atoms with Crippen LogP contribution in [0.1, 0.15) is 65.9 Å². The normalized spacial score (nSPS) is 20.0. The Morgan fingerprint density at radius 1 is 1.29 bits per heavy atom. The van der Waals surface area contributed by atoms with Crippen molar-refractivity contribution in [3.05, 3.63) is 29.8 Å². The van der Waals surface area contributed by atoms with Crippen molar-refractivity contribution >= 4 is 5.91 Å². The van der Waals surface area contributed by atoms with E-state index < -0.39 is 0 Å². The van der Waals surface area contributed by atoms with E-state index in [9.17, 15) is 4.79 Å². The van der Waals surface area contributed by atoms with E-state index in [0.717, 1.165) is 43.7 Å². The van der Waals surface area contributed by atoms with Crippen LogP contribution in [0.25, 0.3) is 0 Å². The highest BCUT2D eigenvalue weighted by Gasteiger charge is 2.34. The van der Waals surface area contributed by atoms with Gasteiger partial charge in [0.05, 0.1) is 12.7 Å². The third kappa shape index (κ3) is 6.51. The first-order chi connectivity index (χ1) is 13.3. The van der Waals surface area contributed by atoms with Crippen LogP contribution in [-0.4, -0.2) is 36.7 Å². The molecule has 1 aliphatic rings. The van der Waals surface area contributed by atoms with Gasteiger partial charge in [-0.25, -0.2) is 0 Å². The van der Waals surface area contributed by atoms with Crippen LogP contribution >= 0.6 is 0 Å². The highest BCUT2D eigenvalue weighted by molar-refractivity contribution is 5.75. The molecular weight excluding hydrogens is 350 g/mol. The number of methoxy groups -OCH3 is 1. The molecule has 28 heavy (non-hydrogen) atoms. The summed E-state index contributed by atoms with van der Waals surface area (Å²) in [6, 6.07) is 8.03. The molecule has 158 valence electrons. The largest absolute Gasteiger partial charge is 0.497 e. The summed E-state index contributed by atoms with van der Waals surface area (Å²) in [4.78, 5) is 14.6. The molecule has 0 aromatic heterocycles. The average molecular weight is 390 g/mol. The van der Waals surface area contributed by atoms with Crippen LogP contribution in [0, 0.1) is 17.8 Å². The number of hydrogen-bond acceptors (Lipinski definition) is 3. The van der Waals surface area contributed by atoms with Gasteiger partial charge < -0.3 is 14.4 Å². The Kier molecular flexibility index (Phi) is 8.36. The van der Waals surface area contributed by atoms with Gasteiger partial charge in [0.25, 0.3) is 0 Å². The first kappa shape index (κ1) is 22.7. The lowest BCUT2D eigenvalue weighted by atomic mass is 9.73. The molecule has 1 aromatic carbocycles. The molecule has 0 aliphatic carbocycles. The van der Waals surface area contributed by atoms with E-state index in [0.29, 0.717) is 30.7 Å². The minimum absolute atomic E-state index is 0.0297. The minimum atomic E-state index is -0.0297. The Morgan fingerprint density at radius 3 is 2.50 bits per heavy atom. The topological polar surface area (TPSA) is 38.8 Å². The Bertz CT molecular complexity index is 609. The number of amides is 1. The molecule has 1 saturated heterocycles. The van der Waals surface area contributed by atoms with Crippen molar-refractivity contribution in [2.75, 3.05) is 20.3 Å². The second-order valence-corrected chi connectivity index (χ2v) is 9.07. The van der Waals surface area contributed by atoms with Crippen LogP contribution in [0.3, 0.4) is 0 Å². The van der Waals surface area contributed by atoms with Crippen molar-refractivity contribution in [3.8, 4) is 5.75 Å². The summed E-state index contributed by atoms with van der Waals surface area (Å²) in [5, 5.41) is 0. The summed E-state index contributed by atoms with van der Waals surface area (Å²) >= 11 is 0. The van der Waals surface area contributed by atoms with Crippen LogP contribution < -0.4 is 4.74 Å². The Morgan fingerprint density at radius 2 is 1.96 bits per heavy atom. The Hall–Kier alpha value is -1.55. The highest BCUT2D eigenvalue weighted by atomic mass is 16.5. The van der Waals surface area contributed by atoms with Gasteiger partial charge in [0.15, 0.2) is 0 Å². The smallest absolute Gasteiger partial charge is 0.222 e. The summed E-state index contributed by atoms with van der Waals surface area (Å²) in [5.74, 6) is 2.97. The van der Waals surface area contributed by atoms with Crippen molar-refractivity contribution in [1.82, 2.24) is 4.90 Å². The van der Waals surface area contributed by atoms with Crippen molar-refractivity contribution in [1.29, 1.82) is 0 Å². The van der Waals surface area contributed by atoms with E-state index in [1.807, 2.05) is 24.0 Å². The lowest BCUT2D eigenvalue weighted by Crippen LogP contribution is -2.39. The molecule has 1 heterocycles. The third-order valence-electron chi connectivity index (χ3n) is 6.12. The average Bonchev–Trinajstić information content (AvgIpc) is 2.66. The molecule has 0 radical (unpaired) electrons. The summed E-state index contributed by atoms with van der Waals surface area (Å²) in [5.41, 5.74) is 1.12. The van der Waals surface area contributed by atoms with E-state index in [1.54, 1.807) is 7.11 Å². The number of hydrogen-bond donors (Lipinski definition) is 0. The molecule has 1 fully saturated rings. The number of carbonyl (C=O) groups excluding carboxylic acids is 1. The predicted molar refractivity (Wildman–Crippen MR) is 114 cm³/mol. The minimum Gasteiger partial charge on any atom is -0.497 e. The Balaban J connectivity index is 2.04. The molecule has 0 N–H and O–H groups in total. The monoisotopic (exact) mass is 389 g/mol. The molecule has 2 atom stereocenters.